The van der Waals surface area contributed by atoms with Crippen LogP contribution in [0.25, 0.3) is 0 Å². The predicted molar refractivity (Wildman–Crippen MR) is 77.1 cm³/mol. The summed E-state index contributed by atoms with van der Waals surface area (Å²) in [6.07, 6.45) is -0.677. The van der Waals surface area contributed by atoms with Crippen LogP contribution in [-0.2, 0) is 9.47 Å². The fraction of sp³-hybridized carbons (Fsp3) is 0.500. The first-order valence-electron chi connectivity index (χ1n) is 3.13. The average molecular weight is 542 g/mol. The van der Waals surface area contributed by atoms with Crippen molar-refractivity contribution in [1.82, 2.24) is 0 Å². The first kappa shape index (κ1) is 14.5. The Labute approximate surface area is 122 Å². The molecule has 0 saturated heterocycles. The van der Waals surface area contributed by atoms with Crippen LogP contribution in [0.15, 0.2) is 5.17 Å². The van der Waals surface area contributed by atoms with Gasteiger partial charge in [-0.3, -0.25) is 0 Å². The second kappa shape index (κ2) is 8.77. The summed E-state index contributed by atoms with van der Waals surface area (Å²) >= 11 is 11.7. The van der Waals surface area contributed by atoms with Crippen LogP contribution in [0.5, 0.6) is 0 Å². The molecule has 0 atom stereocenters. The number of alkyl halides is 1. The molecule has 0 rings (SSSR count). The Kier molecular flexibility index (Phi) is 9.78. The van der Waals surface area contributed by atoms with Crippen LogP contribution < -0.4 is 0 Å². The van der Waals surface area contributed by atoms with Gasteiger partial charge in [-0.2, -0.15) is 0 Å². The van der Waals surface area contributed by atoms with Gasteiger partial charge in [-0.25, -0.2) is 4.79 Å². The van der Waals surface area contributed by atoms with Crippen molar-refractivity contribution in [1.29, 1.82) is 0 Å². The van der Waals surface area contributed by atoms with E-state index >= 15 is 0 Å². The van der Waals surface area contributed by atoms with Gasteiger partial charge in [0.25, 0.3) is 0 Å². The molecule has 76 valence electrons. The highest BCUT2D eigenvalue weighted by Crippen LogP contribution is 2.25. The summed E-state index contributed by atoms with van der Waals surface area (Å²) in [7, 11) is 0. The molecular formula is C6H6ClI3O3. The van der Waals surface area contributed by atoms with Crippen LogP contribution in [0.4, 0.5) is 4.79 Å². The number of halogens is 4. The Bertz CT molecular complexity index is 203. The summed E-state index contributed by atoms with van der Waals surface area (Å²) in [5.74, 6) is 0.284. The predicted octanol–water partition coefficient (Wildman–Crippen LogP) is 3.85. The normalized spacial score (nSPS) is 9.23. The van der Waals surface area contributed by atoms with Gasteiger partial charge >= 0.3 is 6.16 Å². The number of ether oxygens (including phenoxy) is 2. The molecule has 0 aliphatic carbocycles. The molecule has 0 saturated carbocycles. The van der Waals surface area contributed by atoms with E-state index in [1.165, 1.54) is 0 Å². The van der Waals surface area contributed by atoms with Crippen LogP contribution in [0.3, 0.4) is 0 Å². The van der Waals surface area contributed by atoms with Crippen molar-refractivity contribution in [3.8, 4) is 0 Å². The van der Waals surface area contributed by atoms with Crippen molar-refractivity contribution in [2.45, 2.75) is 0 Å². The van der Waals surface area contributed by atoms with Gasteiger partial charge in [0, 0.05) is 3.58 Å². The second-order valence-electron chi connectivity index (χ2n) is 1.74. The van der Waals surface area contributed by atoms with E-state index in [1.807, 2.05) is 0 Å². The maximum absolute atomic E-state index is 10.8. The Morgan fingerprint density at radius 3 is 2.31 bits per heavy atom. The van der Waals surface area contributed by atoms with Gasteiger partial charge in [0.1, 0.15) is 13.2 Å². The SMILES string of the molecule is O=C(OCCCl)OCC(I)=C(I)I. The smallest absolute Gasteiger partial charge is 0.433 e. The Morgan fingerprint density at radius 1 is 1.23 bits per heavy atom. The van der Waals surface area contributed by atoms with Gasteiger partial charge in [-0.1, -0.05) is 0 Å². The molecule has 0 aliphatic rings. The molecule has 7 heteroatoms. The summed E-state index contributed by atoms with van der Waals surface area (Å²) in [5, 5.41) is 0. The molecule has 0 spiro atoms. The number of rotatable bonds is 4. The summed E-state index contributed by atoms with van der Waals surface area (Å²) < 4.78 is 11.4. The van der Waals surface area contributed by atoms with Crippen LogP contribution in [0.1, 0.15) is 0 Å². The average Bonchev–Trinajstić information content (AvgIpc) is 2.10. The van der Waals surface area contributed by atoms with Gasteiger partial charge in [0.2, 0.25) is 0 Å². The lowest BCUT2D eigenvalue weighted by atomic mass is 10.7. The lowest BCUT2D eigenvalue weighted by molar-refractivity contribution is 0.0676. The minimum Gasteiger partial charge on any atom is -0.433 e. The van der Waals surface area contributed by atoms with E-state index in [4.69, 9.17) is 16.3 Å². The quantitative estimate of drug-likeness (QED) is 0.308. The molecule has 0 N–H and O–H groups in total. The molecule has 0 aliphatic heterocycles. The van der Waals surface area contributed by atoms with Gasteiger partial charge in [-0.05, 0) is 67.8 Å². The van der Waals surface area contributed by atoms with E-state index in [0.29, 0.717) is 0 Å². The van der Waals surface area contributed by atoms with E-state index in [1.54, 1.807) is 0 Å². The molecule has 0 aromatic carbocycles. The van der Waals surface area contributed by atoms with Crippen molar-refractivity contribution in [3.05, 3.63) is 5.17 Å². The molecule has 0 aromatic rings. The molecule has 0 amide bonds. The molecule has 0 fully saturated rings. The largest absolute Gasteiger partial charge is 0.508 e. The highest BCUT2D eigenvalue weighted by Gasteiger charge is 2.05. The maximum atomic E-state index is 10.8. The minimum absolute atomic E-state index is 0.183. The van der Waals surface area contributed by atoms with E-state index in [9.17, 15) is 4.79 Å². The topological polar surface area (TPSA) is 35.5 Å². The third-order valence-electron chi connectivity index (χ3n) is 0.819. The Balaban J connectivity index is 3.65. The lowest BCUT2D eigenvalue weighted by Crippen LogP contribution is -2.10. The van der Waals surface area contributed by atoms with Gasteiger partial charge in [-0.15, -0.1) is 11.6 Å². The standard InChI is InChI=1S/C6H6ClI3O3/c7-1-2-12-6(11)13-3-4(8)5(9)10/h1-3H2. The third-order valence-corrected chi connectivity index (χ3v) is 5.19. The van der Waals surface area contributed by atoms with Crippen LogP contribution in [-0.4, -0.2) is 25.2 Å². The zero-order chi connectivity index (χ0) is 10.3. The molecule has 0 bridgehead atoms. The second-order valence-corrected chi connectivity index (χ2v) is 7.64. The molecule has 13 heavy (non-hydrogen) atoms. The van der Waals surface area contributed by atoms with Gasteiger partial charge in [0.05, 0.1) is 7.47 Å². The molecular weight excluding hydrogens is 536 g/mol. The maximum Gasteiger partial charge on any atom is 0.508 e. The van der Waals surface area contributed by atoms with E-state index in [-0.39, 0.29) is 19.1 Å². The molecule has 3 nitrogen and oxygen atoms in total. The highest BCUT2D eigenvalue weighted by molar-refractivity contribution is 14.2. The Hall–Kier alpha value is 1.49. The zero-order valence-electron chi connectivity index (χ0n) is 6.36. The highest BCUT2D eigenvalue weighted by atomic mass is 127. The van der Waals surface area contributed by atoms with Crippen molar-refractivity contribution in [2.24, 2.45) is 0 Å². The number of carbonyl (C=O) groups is 1. The van der Waals surface area contributed by atoms with Crippen molar-refractivity contribution >= 4 is 85.5 Å². The molecule has 0 heterocycles. The third kappa shape index (κ3) is 8.48. The number of carbonyl (C=O) groups excluding carboxylic acids is 1. The van der Waals surface area contributed by atoms with Crippen molar-refractivity contribution < 1.29 is 14.3 Å². The fourth-order valence-corrected chi connectivity index (χ4v) is 0.885. The summed E-state index contributed by atoms with van der Waals surface area (Å²) in [6, 6.07) is 0. The zero-order valence-corrected chi connectivity index (χ0v) is 13.6. The Morgan fingerprint density at radius 2 is 1.85 bits per heavy atom. The number of hydrogen-bond donors (Lipinski definition) is 0. The summed E-state index contributed by atoms with van der Waals surface area (Å²) in [4.78, 5) is 10.8. The van der Waals surface area contributed by atoms with Crippen LogP contribution in [0, 0.1) is 0 Å². The van der Waals surface area contributed by atoms with E-state index < -0.39 is 6.16 Å². The van der Waals surface area contributed by atoms with Gasteiger partial charge < -0.3 is 9.47 Å². The molecule has 0 radical (unpaired) electrons. The van der Waals surface area contributed by atoms with Crippen LogP contribution >= 0.6 is 79.4 Å². The summed E-state index contributed by atoms with van der Waals surface area (Å²) in [5.41, 5.74) is 0. The van der Waals surface area contributed by atoms with E-state index in [0.717, 1.165) is 5.17 Å². The first-order chi connectivity index (χ1) is 6.07. The van der Waals surface area contributed by atoms with Gasteiger partial charge in [0.15, 0.2) is 0 Å². The molecule has 0 unspecified atom stereocenters. The minimum atomic E-state index is -0.677. The monoisotopic (exact) mass is 542 g/mol. The number of hydrogen-bond acceptors (Lipinski definition) is 3. The lowest BCUT2D eigenvalue weighted by Gasteiger charge is -2.04. The van der Waals surface area contributed by atoms with E-state index in [2.05, 4.69) is 72.5 Å². The van der Waals surface area contributed by atoms with Crippen LogP contribution in [0.2, 0.25) is 0 Å². The fourth-order valence-electron chi connectivity index (χ4n) is 0.340. The van der Waals surface area contributed by atoms with Crippen molar-refractivity contribution in [2.75, 3.05) is 19.1 Å². The molecule has 0 aromatic heterocycles. The van der Waals surface area contributed by atoms with Crippen molar-refractivity contribution in [3.63, 3.8) is 0 Å². The summed E-state index contributed by atoms with van der Waals surface area (Å²) in [6.45, 7) is 0.435. The first-order valence-corrected chi connectivity index (χ1v) is 6.90.